The number of rotatable bonds is 10. The number of hydrogen-bond donors (Lipinski definition) is 2. The number of piperazine rings is 1. The number of nitrogens with one attached hydrogen (secondary N) is 2. The van der Waals surface area contributed by atoms with Gasteiger partial charge in [0.2, 0.25) is 11.8 Å². The Labute approximate surface area is 178 Å². The van der Waals surface area contributed by atoms with Gasteiger partial charge < -0.3 is 15.4 Å². The average Bonchev–Trinajstić information content (AvgIpc) is 2.78. The molecule has 6 heteroatoms. The summed E-state index contributed by atoms with van der Waals surface area (Å²) >= 11 is 0. The van der Waals surface area contributed by atoms with Gasteiger partial charge >= 0.3 is 0 Å². The second-order valence-electron chi connectivity index (χ2n) is 7.58. The highest BCUT2D eigenvalue weighted by Gasteiger charge is 2.33. The van der Waals surface area contributed by atoms with E-state index in [2.05, 4.69) is 39.8 Å². The molecule has 0 bridgehead atoms. The molecule has 2 amide bonds. The van der Waals surface area contributed by atoms with Crippen LogP contribution in [0.2, 0.25) is 0 Å². The molecule has 30 heavy (non-hydrogen) atoms. The molecule has 1 aliphatic heterocycles. The van der Waals surface area contributed by atoms with Crippen LogP contribution in [0, 0.1) is 0 Å². The van der Waals surface area contributed by atoms with Gasteiger partial charge in [0, 0.05) is 45.8 Å². The molecule has 0 aromatic heterocycles. The second kappa shape index (κ2) is 11.5. The summed E-state index contributed by atoms with van der Waals surface area (Å²) in [6, 6.07) is 20.2. The van der Waals surface area contributed by atoms with E-state index in [1.807, 2.05) is 36.4 Å². The minimum Gasteiger partial charge on any atom is -0.385 e. The molecule has 0 saturated carbocycles. The number of carbonyl (C=O) groups is 2. The quantitative estimate of drug-likeness (QED) is 0.590. The third-order valence-corrected chi connectivity index (χ3v) is 5.49. The lowest BCUT2D eigenvalue weighted by atomic mass is 9.90. The van der Waals surface area contributed by atoms with Crippen molar-refractivity contribution >= 4 is 11.8 Å². The first-order valence-electron chi connectivity index (χ1n) is 10.6. The largest absolute Gasteiger partial charge is 0.385 e. The van der Waals surface area contributed by atoms with Gasteiger partial charge in [-0.05, 0) is 17.5 Å². The average molecular weight is 410 g/mol. The lowest BCUT2D eigenvalue weighted by Crippen LogP contribution is -2.57. The third kappa shape index (κ3) is 6.15. The van der Waals surface area contributed by atoms with Gasteiger partial charge in [-0.2, -0.15) is 0 Å². The first kappa shape index (κ1) is 22.0. The van der Waals surface area contributed by atoms with Crippen LogP contribution in [0.3, 0.4) is 0 Å². The summed E-state index contributed by atoms with van der Waals surface area (Å²) in [6.45, 7) is 3.16. The van der Waals surface area contributed by atoms with Gasteiger partial charge in [-0.25, -0.2) is 0 Å². The van der Waals surface area contributed by atoms with Crippen LogP contribution in [0.25, 0.3) is 0 Å². The van der Waals surface area contributed by atoms with Crippen LogP contribution < -0.4 is 10.6 Å². The van der Waals surface area contributed by atoms with Crippen LogP contribution in [-0.4, -0.2) is 62.7 Å². The van der Waals surface area contributed by atoms with Crippen molar-refractivity contribution in [1.82, 2.24) is 15.5 Å². The first-order chi connectivity index (χ1) is 14.7. The number of hydrogen-bond acceptors (Lipinski definition) is 4. The number of ether oxygens (including phenoxy) is 1. The summed E-state index contributed by atoms with van der Waals surface area (Å²) in [7, 11) is 1.64. The van der Waals surface area contributed by atoms with E-state index >= 15 is 0 Å². The van der Waals surface area contributed by atoms with E-state index in [1.165, 1.54) is 11.1 Å². The van der Waals surface area contributed by atoms with Gasteiger partial charge in [0.05, 0.1) is 12.5 Å². The molecule has 1 unspecified atom stereocenters. The number of amides is 2. The van der Waals surface area contributed by atoms with Crippen LogP contribution in [-0.2, 0) is 14.3 Å². The molecule has 3 rings (SSSR count). The Morgan fingerprint density at radius 1 is 1.13 bits per heavy atom. The van der Waals surface area contributed by atoms with Crippen molar-refractivity contribution in [1.29, 1.82) is 0 Å². The normalized spacial score (nSPS) is 17.0. The van der Waals surface area contributed by atoms with Crippen LogP contribution in [0.15, 0.2) is 60.7 Å². The molecule has 1 saturated heterocycles. The molecule has 2 N–H and O–H groups in total. The summed E-state index contributed by atoms with van der Waals surface area (Å²) in [5, 5.41) is 5.81. The van der Waals surface area contributed by atoms with Gasteiger partial charge in [0.25, 0.3) is 0 Å². The van der Waals surface area contributed by atoms with Gasteiger partial charge in [-0.15, -0.1) is 0 Å². The first-order valence-corrected chi connectivity index (χ1v) is 10.6. The van der Waals surface area contributed by atoms with Crippen LogP contribution >= 0.6 is 0 Å². The van der Waals surface area contributed by atoms with E-state index in [-0.39, 0.29) is 24.2 Å². The van der Waals surface area contributed by atoms with E-state index in [9.17, 15) is 9.59 Å². The molecular formula is C24H31N3O3. The zero-order valence-electron chi connectivity index (χ0n) is 17.5. The molecule has 2 aromatic rings. The smallest absolute Gasteiger partial charge is 0.237 e. The Balaban J connectivity index is 1.73. The maximum Gasteiger partial charge on any atom is 0.237 e. The number of benzene rings is 2. The maximum atomic E-state index is 12.6. The molecule has 160 valence electrons. The molecular weight excluding hydrogens is 378 g/mol. The molecule has 2 aromatic carbocycles. The molecule has 0 radical (unpaired) electrons. The van der Waals surface area contributed by atoms with E-state index in [4.69, 9.17) is 4.74 Å². The number of carbonyl (C=O) groups excluding carboxylic acids is 2. The van der Waals surface area contributed by atoms with E-state index in [0.717, 1.165) is 13.0 Å². The van der Waals surface area contributed by atoms with Crippen molar-refractivity contribution in [2.24, 2.45) is 0 Å². The van der Waals surface area contributed by atoms with Gasteiger partial charge in [-0.3, -0.25) is 14.5 Å². The Bertz CT molecular complexity index is 758. The minimum atomic E-state index is -0.462. The van der Waals surface area contributed by atoms with Crippen LogP contribution in [0.1, 0.15) is 29.9 Å². The fourth-order valence-electron chi connectivity index (χ4n) is 3.90. The Morgan fingerprint density at radius 2 is 1.77 bits per heavy atom. The minimum absolute atomic E-state index is 0.0758. The zero-order valence-corrected chi connectivity index (χ0v) is 17.5. The van der Waals surface area contributed by atoms with Crippen molar-refractivity contribution in [2.75, 3.05) is 39.9 Å². The molecule has 0 aliphatic carbocycles. The molecule has 1 fully saturated rings. The molecule has 1 heterocycles. The van der Waals surface area contributed by atoms with Crippen molar-refractivity contribution in [3.05, 3.63) is 71.8 Å². The van der Waals surface area contributed by atoms with Crippen LogP contribution in [0.5, 0.6) is 0 Å². The molecule has 1 aliphatic rings. The van der Waals surface area contributed by atoms with E-state index in [1.54, 1.807) is 7.11 Å². The lowest BCUT2D eigenvalue weighted by Gasteiger charge is -2.37. The summed E-state index contributed by atoms with van der Waals surface area (Å²) in [6.07, 6.45) is 0.919. The Morgan fingerprint density at radius 3 is 2.37 bits per heavy atom. The zero-order chi connectivity index (χ0) is 21.2. The Kier molecular flexibility index (Phi) is 8.41. The highest BCUT2D eigenvalue weighted by atomic mass is 16.5. The predicted octanol–water partition coefficient (Wildman–Crippen LogP) is 2.16. The summed E-state index contributed by atoms with van der Waals surface area (Å²) < 4.78 is 5.01. The van der Waals surface area contributed by atoms with Crippen molar-refractivity contribution in [3.63, 3.8) is 0 Å². The summed E-state index contributed by atoms with van der Waals surface area (Å²) in [5.74, 6) is -0.0483. The fourth-order valence-corrected chi connectivity index (χ4v) is 3.90. The molecule has 1 atom stereocenters. The molecule has 6 nitrogen and oxygen atoms in total. The van der Waals surface area contributed by atoms with Crippen LogP contribution in [0.4, 0.5) is 0 Å². The van der Waals surface area contributed by atoms with Gasteiger partial charge in [0.1, 0.15) is 0 Å². The highest BCUT2D eigenvalue weighted by molar-refractivity contribution is 5.88. The van der Waals surface area contributed by atoms with Gasteiger partial charge in [0.15, 0.2) is 0 Å². The third-order valence-electron chi connectivity index (χ3n) is 5.49. The predicted molar refractivity (Wildman–Crippen MR) is 117 cm³/mol. The number of methoxy groups -OCH3 is 1. The topological polar surface area (TPSA) is 70.7 Å². The summed E-state index contributed by atoms with van der Waals surface area (Å²) in [4.78, 5) is 27.2. The lowest BCUT2D eigenvalue weighted by molar-refractivity contribution is -0.134. The molecule has 0 spiro atoms. The fraction of sp³-hybridized carbons (Fsp3) is 0.417. The Hall–Kier alpha value is -2.70. The maximum absolute atomic E-state index is 12.6. The van der Waals surface area contributed by atoms with E-state index < -0.39 is 6.04 Å². The number of nitrogens with zero attached hydrogens (tertiary/aromatic N) is 1. The highest BCUT2D eigenvalue weighted by Crippen LogP contribution is 2.27. The van der Waals surface area contributed by atoms with Crippen molar-refractivity contribution < 1.29 is 14.3 Å². The standard InChI is InChI=1S/C24H31N3O3/c1-30-16-8-13-25-23(28)17-22-24(29)26-14-15-27(22)18-21(19-9-4-2-5-10-19)20-11-6-3-7-12-20/h2-7,9-12,21-22H,8,13-18H2,1H3,(H,25,28)(H,26,29). The van der Waals surface area contributed by atoms with Crippen molar-refractivity contribution in [3.8, 4) is 0 Å². The monoisotopic (exact) mass is 409 g/mol. The second-order valence-corrected chi connectivity index (χ2v) is 7.58. The van der Waals surface area contributed by atoms with E-state index in [0.29, 0.717) is 26.2 Å². The van der Waals surface area contributed by atoms with Crippen molar-refractivity contribution in [2.45, 2.75) is 24.8 Å². The summed E-state index contributed by atoms with van der Waals surface area (Å²) in [5.41, 5.74) is 2.41. The van der Waals surface area contributed by atoms with Gasteiger partial charge in [-0.1, -0.05) is 60.7 Å². The SMILES string of the molecule is COCCCNC(=O)CC1C(=O)NCCN1CC(c1ccccc1)c1ccccc1.